The predicted octanol–water partition coefficient (Wildman–Crippen LogP) is 3.04. The topological polar surface area (TPSA) is 32.9 Å². The molecule has 0 atom stereocenters. The highest BCUT2D eigenvalue weighted by Crippen LogP contribution is 2.10. The lowest BCUT2D eigenvalue weighted by Gasteiger charge is -2.01. The first-order valence-electron chi connectivity index (χ1n) is 5.41. The first-order valence-corrected chi connectivity index (χ1v) is 5.41. The fourth-order valence-corrected chi connectivity index (χ4v) is 1.66. The summed E-state index contributed by atoms with van der Waals surface area (Å²) in [6.07, 6.45) is 2.77. The van der Waals surface area contributed by atoms with E-state index in [1.54, 1.807) is 0 Å². The summed E-state index contributed by atoms with van der Waals surface area (Å²) in [7, 11) is 0. The number of pyridine rings is 1. The molecule has 2 rings (SSSR count). The zero-order valence-corrected chi connectivity index (χ0v) is 9.58. The van der Waals surface area contributed by atoms with Gasteiger partial charge in [0.15, 0.2) is 0 Å². The van der Waals surface area contributed by atoms with E-state index in [1.165, 1.54) is 5.57 Å². The first kappa shape index (κ1) is 10.7. The molecule has 0 aliphatic rings. The molecule has 0 unspecified atom stereocenters. The van der Waals surface area contributed by atoms with Crippen LogP contribution in [0.3, 0.4) is 0 Å². The average Bonchev–Trinajstić information content (AvgIpc) is 2.26. The van der Waals surface area contributed by atoms with Gasteiger partial charge < -0.3 is 4.98 Å². The normalized spacial score (nSPS) is 10.4. The van der Waals surface area contributed by atoms with Crippen molar-refractivity contribution in [3.63, 3.8) is 0 Å². The Bertz CT molecular complexity index is 589. The van der Waals surface area contributed by atoms with Crippen LogP contribution in [0.25, 0.3) is 10.9 Å². The summed E-state index contributed by atoms with van der Waals surface area (Å²) in [6, 6.07) is 9.80. The number of benzene rings is 1. The van der Waals surface area contributed by atoms with E-state index in [1.807, 2.05) is 44.2 Å². The van der Waals surface area contributed by atoms with Gasteiger partial charge in [0.25, 0.3) is 5.56 Å². The second kappa shape index (κ2) is 4.35. The number of H-pyrrole nitrogens is 1. The van der Waals surface area contributed by atoms with Crippen LogP contribution in [0.1, 0.15) is 19.4 Å². The molecule has 0 spiro atoms. The fraction of sp³-hybridized carbons (Fsp3) is 0.214. The zero-order chi connectivity index (χ0) is 11.5. The molecule has 1 N–H and O–H groups in total. The number of fused-ring (bicyclic) bond motifs is 1. The number of allylic oxidation sites excluding steroid dienone is 2. The van der Waals surface area contributed by atoms with Crippen molar-refractivity contribution in [2.45, 2.75) is 20.3 Å². The molecule has 1 heterocycles. The highest BCUT2D eigenvalue weighted by Gasteiger charge is 2.00. The largest absolute Gasteiger partial charge is 0.322 e. The summed E-state index contributed by atoms with van der Waals surface area (Å²) in [5.41, 5.74) is 2.96. The van der Waals surface area contributed by atoms with Crippen molar-refractivity contribution >= 4 is 10.9 Å². The number of aromatic nitrogens is 1. The third-order valence-electron chi connectivity index (χ3n) is 2.56. The number of nitrogens with one attached hydrogen (secondary N) is 1. The Morgan fingerprint density at radius 3 is 2.81 bits per heavy atom. The number of hydrogen-bond acceptors (Lipinski definition) is 1. The van der Waals surface area contributed by atoms with Crippen LogP contribution in [0.4, 0.5) is 0 Å². The second-order valence-corrected chi connectivity index (χ2v) is 4.20. The van der Waals surface area contributed by atoms with Crippen LogP contribution >= 0.6 is 0 Å². The summed E-state index contributed by atoms with van der Waals surface area (Å²) in [5, 5.41) is 1.08. The quantitative estimate of drug-likeness (QED) is 0.764. The number of para-hydroxylation sites is 1. The molecule has 0 saturated carbocycles. The van der Waals surface area contributed by atoms with Gasteiger partial charge in [-0.2, -0.15) is 0 Å². The Morgan fingerprint density at radius 2 is 2.06 bits per heavy atom. The van der Waals surface area contributed by atoms with E-state index in [-0.39, 0.29) is 5.56 Å². The minimum atomic E-state index is 0.0104. The van der Waals surface area contributed by atoms with Crippen molar-refractivity contribution in [3.8, 4) is 0 Å². The number of rotatable bonds is 2. The molecule has 0 saturated heterocycles. The van der Waals surface area contributed by atoms with Crippen LogP contribution in [0, 0.1) is 0 Å². The van der Waals surface area contributed by atoms with E-state index in [0.717, 1.165) is 16.5 Å². The van der Waals surface area contributed by atoms with Gasteiger partial charge in [-0.15, -0.1) is 0 Å². The van der Waals surface area contributed by atoms with E-state index >= 15 is 0 Å². The van der Waals surface area contributed by atoms with Gasteiger partial charge in [-0.3, -0.25) is 4.79 Å². The van der Waals surface area contributed by atoms with E-state index in [9.17, 15) is 4.79 Å². The molecular weight excluding hydrogens is 198 g/mol. The Morgan fingerprint density at radius 1 is 1.31 bits per heavy atom. The van der Waals surface area contributed by atoms with Crippen molar-refractivity contribution in [2.24, 2.45) is 0 Å². The predicted molar refractivity (Wildman–Crippen MR) is 67.7 cm³/mol. The van der Waals surface area contributed by atoms with Crippen molar-refractivity contribution in [1.29, 1.82) is 0 Å². The van der Waals surface area contributed by atoms with Gasteiger partial charge in [-0.05, 0) is 37.8 Å². The van der Waals surface area contributed by atoms with E-state index in [4.69, 9.17) is 0 Å². The molecule has 82 valence electrons. The third kappa shape index (κ3) is 2.22. The van der Waals surface area contributed by atoms with Gasteiger partial charge in [-0.1, -0.05) is 29.8 Å². The van der Waals surface area contributed by atoms with Crippen molar-refractivity contribution < 1.29 is 0 Å². The summed E-state index contributed by atoms with van der Waals surface area (Å²) in [5.74, 6) is 0. The van der Waals surface area contributed by atoms with Crippen LogP contribution in [0.15, 0.2) is 46.8 Å². The molecular formula is C14H15NO. The molecule has 16 heavy (non-hydrogen) atoms. The molecule has 0 amide bonds. The second-order valence-electron chi connectivity index (χ2n) is 4.20. The summed E-state index contributed by atoms with van der Waals surface area (Å²) < 4.78 is 0. The molecule has 0 radical (unpaired) electrons. The van der Waals surface area contributed by atoms with Crippen LogP contribution in [0.2, 0.25) is 0 Å². The molecule has 0 aliphatic carbocycles. The molecule has 2 heteroatoms. The van der Waals surface area contributed by atoms with Crippen LogP contribution in [0.5, 0.6) is 0 Å². The van der Waals surface area contributed by atoms with Gasteiger partial charge in [-0.25, -0.2) is 0 Å². The van der Waals surface area contributed by atoms with Crippen molar-refractivity contribution in [1.82, 2.24) is 4.98 Å². The summed E-state index contributed by atoms with van der Waals surface area (Å²) in [4.78, 5) is 14.7. The fourth-order valence-electron chi connectivity index (χ4n) is 1.66. The highest BCUT2D eigenvalue weighted by molar-refractivity contribution is 5.78. The number of hydrogen-bond donors (Lipinski definition) is 1. The smallest absolute Gasteiger partial charge is 0.251 e. The lowest BCUT2D eigenvalue weighted by molar-refractivity contribution is 1.14. The van der Waals surface area contributed by atoms with Crippen LogP contribution in [-0.4, -0.2) is 4.98 Å². The Balaban J connectivity index is 2.50. The minimum Gasteiger partial charge on any atom is -0.322 e. The van der Waals surface area contributed by atoms with Gasteiger partial charge >= 0.3 is 0 Å². The lowest BCUT2D eigenvalue weighted by atomic mass is 10.1. The minimum absolute atomic E-state index is 0.0104. The van der Waals surface area contributed by atoms with Gasteiger partial charge in [0.1, 0.15) is 0 Å². The molecule has 1 aromatic heterocycles. The summed E-state index contributed by atoms with van der Waals surface area (Å²) >= 11 is 0. The van der Waals surface area contributed by atoms with Crippen LogP contribution in [-0.2, 0) is 6.42 Å². The Kier molecular flexibility index (Phi) is 2.91. The molecule has 0 bridgehead atoms. The molecule has 0 aliphatic heterocycles. The maximum Gasteiger partial charge on any atom is 0.251 e. The third-order valence-corrected chi connectivity index (χ3v) is 2.56. The standard InChI is InChI=1S/C14H15NO/c1-10(2)7-8-12-9-11-5-3-4-6-13(11)15-14(12)16/h3-7,9H,8H2,1-2H3,(H,15,16). The van der Waals surface area contributed by atoms with Crippen molar-refractivity contribution in [3.05, 3.63) is 57.9 Å². The van der Waals surface area contributed by atoms with Crippen LogP contribution < -0.4 is 5.56 Å². The van der Waals surface area contributed by atoms with Gasteiger partial charge in [0.05, 0.1) is 0 Å². The monoisotopic (exact) mass is 213 g/mol. The average molecular weight is 213 g/mol. The first-order chi connectivity index (χ1) is 7.66. The lowest BCUT2D eigenvalue weighted by Crippen LogP contribution is -2.11. The maximum atomic E-state index is 11.8. The van der Waals surface area contributed by atoms with E-state index in [0.29, 0.717) is 6.42 Å². The molecule has 0 fully saturated rings. The Hall–Kier alpha value is -1.83. The highest BCUT2D eigenvalue weighted by atomic mass is 16.1. The van der Waals surface area contributed by atoms with Gasteiger partial charge in [0.2, 0.25) is 0 Å². The van der Waals surface area contributed by atoms with E-state index in [2.05, 4.69) is 11.1 Å². The van der Waals surface area contributed by atoms with E-state index < -0.39 is 0 Å². The SMILES string of the molecule is CC(C)=CCc1cc2ccccc2[nH]c1=O. The Labute approximate surface area is 94.6 Å². The number of aromatic amines is 1. The molecule has 2 nitrogen and oxygen atoms in total. The van der Waals surface area contributed by atoms with Gasteiger partial charge in [0, 0.05) is 11.1 Å². The van der Waals surface area contributed by atoms with Crippen molar-refractivity contribution in [2.75, 3.05) is 0 Å². The molecule has 1 aromatic carbocycles. The zero-order valence-electron chi connectivity index (χ0n) is 9.58. The maximum absolute atomic E-state index is 11.8. The molecule has 2 aromatic rings. The summed E-state index contributed by atoms with van der Waals surface area (Å²) in [6.45, 7) is 4.07.